The van der Waals surface area contributed by atoms with Crippen molar-refractivity contribution in [2.24, 2.45) is 19.4 Å². The molecule has 0 aliphatic heterocycles. The summed E-state index contributed by atoms with van der Waals surface area (Å²) in [6.45, 7) is 7.07. The van der Waals surface area contributed by atoms with Gasteiger partial charge in [-0.1, -0.05) is 0 Å². The molecule has 0 rings (SSSR count). The van der Waals surface area contributed by atoms with Gasteiger partial charge in [-0.05, 0) is 0 Å². The van der Waals surface area contributed by atoms with Gasteiger partial charge in [-0.3, -0.25) is 0 Å². The predicted molar refractivity (Wildman–Crippen MR) is 31.6 cm³/mol. The van der Waals surface area contributed by atoms with Gasteiger partial charge in [-0.2, -0.15) is 0 Å². The predicted octanol–water partition coefficient (Wildman–Crippen LogP) is 2.13. The maximum absolute atomic E-state index is 3.81. The number of rotatable bonds is 2. The van der Waals surface area contributed by atoms with Crippen molar-refractivity contribution in [3.8, 4) is 0 Å². The molecule has 4 heteroatoms. The molecule has 0 spiro atoms. The minimum absolute atomic E-state index is 0.227. The van der Waals surface area contributed by atoms with Gasteiger partial charge < -0.3 is 0 Å². The van der Waals surface area contributed by atoms with Gasteiger partial charge in [0.2, 0.25) is 0 Å². The summed E-state index contributed by atoms with van der Waals surface area (Å²) in [7, 11) is 0. The van der Waals surface area contributed by atoms with Gasteiger partial charge in [-0.15, -0.1) is 0 Å². The summed E-state index contributed by atoms with van der Waals surface area (Å²) in [5.41, 5.74) is 0.227. The maximum atomic E-state index is 3.81. The Labute approximate surface area is 66.7 Å². The third-order valence-electron chi connectivity index (χ3n) is 0.637. The van der Waals surface area contributed by atoms with Crippen molar-refractivity contribution >= 4 is 0 Å². The van der Waals surface area contributed by atoms with Crippen molar-refractivity contribution in [1.29, 1.82) is 0 Å². The van der Waals surface area contributed by atoms with E-state index in [1.54, 1.807) is 19.6 Å². The van der Waals surface area contributed by atoms with Crippen LogP contribution in [0.3, 0.4) is 0 Å². The number of nitrogens with zero attached hydrogens (tertiary/aromatic N) is 3. The Morgan fingerprint density at radius 2 is 1.89 bits per heavy atom. The molecule has 0 saturated heterocycles. The normalized spacial score (nSPS) is 12.6. The molecule has 0 heterocycles. The van der Waals surface area contributed by atoms with Crippen LogP contribution in [0.1, 0.15) is 20.8 Å². The van der Waals surface area contributed by atoms with Gasteiger partial charge in [-0.25, -0.2) is 0 Å². The standard InChI is InChI=1S/C5H11N3.Pt/c1-5(2,3)4-7-8-6;/h4H2,1-3H3;. The van der Waals surface area contributed by atoms with E-state index in [1.165, 1.54) is 0 Å². The summed E-state index contributed by atoms with van der Waals surface area (Å²) >= 11 is 1.79. The molecule has 0 aliphatic rings. The Hall–Kier alpha value is 0.0883. The van der Waals surface area contributed by atoms with E-state index in [2.05, 4.69) is 34.7 Å². The molecule has 0 unspecified atom stereocenters. The molecule has 0 aromatic heterocycles. The van der Waals surface area contributed by atoms with Crippen LogP contribution in [0, 0.1) is 5.41 Å². The number of hydrogen-bond donors (Lipinski definition) is 0. The van der Waals surface area contributed by atoms with Gasteiger partial charge in [0.1, 0.15) is 0 Å². The zero-order valence-corrected chi connectivity index (χ0v) is 8.14. The topological polar surface area (TPSA) is 37.1 Å². The van der Waals surface area contributed by atoms with E-state index >= 15 is 0 Å². The van der Waals surface area contributed by atoms with Crippen LogP contribution in [0.25, 0.3) is 0 Å². The molecule has 0 N–H and O–H groups in total. The van der Waals surface area contributed by atoms with Crippen molar-refractivity contribution in [2.75, 3.05) is 6.54 Å². The van der Waals surface area contributed by atoms with Crippen molar-refractivity contribution in [3.63, 3.8) is 0 Å². The second-order valence-corrected chi connectivity index (χ2v) is 3.47. The summed E-state index contributed by atoms with van der Waals surface area (Å²) in [4.78, 5) is 0. The molecular weight excluding hydrogens is 297 g/mol. The fourth-order valence-corrected chi connectivity index (χ4v) is 0.407. The van der Waals surface area contributed by atoms with Crippen LogP contribution in [-0.2, 0) is 19.6 Å². The SMILES string of the molecule is CC(C)(C)CN=N[N]=[Pt]. The van der Waals surface area contributed by atoms with Gasteiger partial charge >= 0.3 is 66.3 Å². The molecule has 3 nitrogen and oxygen atoms in total. The van der Waals surface area contributed by atoms with Crippen molar-refractivity contribution in [2.45, 2.75) is 20.8 Å². The van der Waals surface area contributed by atoms with Crippen molar-refractivity contribution < 1.29 is 19.6 Å². The molecule has 56 valence electrons. The second-order valence-electron chi connectivity index (χ2n) is 3.01. The zero-order chi connectivity index (χ0) is 7.33. The van der Waals surface area contributed by atoms with Gasteiger partial charge in [0.15, 0.2) is 0 Å². The zero-order valence-electron chi connectivity index (χ0n) is 5.86. The van der Waals surface area contributed by atoms with E-state index in [9.17, 15) is 0 Å². The van der Waals surface area contributed by atoms with E-state index in [1.807, 2.05) is 0 Å². The van der Waals surface area contributed by atoms with Crippen LogP contribution in [0.5, 0.6) is 0 Å². The van der Waals surface area contributed by atoms with Gasteiger partial charge in [0, 0.05) is 0 Å². The Morgan fingerprint density at radius 1 is 1.33 bits per heavy atom. The molecule has 0 bridgehead atoms. The van der Waals surface area contributed by atoms with Crippen molar-refractivity contribution in [3.05, 3.63) is 0 Å². The Morgan fingerprint density at radius 3 is 2.22 bits per heavy atom. The van der Waals surface area contributed by atoms with Crippen LogP contribution >= 0.6 is 0 Å². The monoisotopic (exact) mass is 308 g/mol. The number of hydrogen-bond acceptors (Lipinski definition) is 2. The van der Waals surface area contributed by atoms with Crippen LogP contribution < -0.4 is 0 Å². The molecule has 0 aliphatic carbocycles. The summed E-state index contributed by atoms with van der Waals surface area (Å²) in [5.74, 6) is 0. The van der Waals surface area contributed by atoms with Crippen molar-refractivity contribution in [1.82, 2.24) is 0 Å². The molecular formula is C5H11N3Pt. The third-order valence-corrected chi connectivity index (χ3v) is 0.840. The first-order chi connectivity index (χ1) is 4.06. The first-order valence-electron chi connectivity index (χ1n) is 2.71. The first-order valence-corrected chi connectivity index (χ1v) is 3.73. The van der Waals surface area contributed by atoms with E-state index in [4.69, 9.17) is 0 Å². The summed E-state index contributed by atoms with van der Waals surface area (Å²) in [6.07, 6.45) is 0. The van der Waals surface area contributed by atoms with E-state index in [0.717, 1.165) is 6.54 Å². The molecule has 0 fully saturated rings. The minimum atomic E-state index is 0.227. The molecule has 9 heavy (non-hydrogen) atoms. The molecule has 0 aromatic rings. The fourth-order valence-electron chi connectivity index (χ4n) is 0.264. The van der Waals surface area contributed by atoms with Crippen LogP contribution in [0.15, 0.2) is 13.9 Å². The van der Waals surface area contributed by atoms with Crippen LogP contribution in [-0.4, -0.2) is 6.54 Å². The van der Waals surface area contributed by atoms with E-state index in [-0.39, 0.29) is 5.41 Å². The summed E-state index contributed by atoms with van der Waals surface area (Å²) < 4.78 is 3.47. The third kappa shape index (κ3) is 8.09. The average molecular weight is 308 g/mol. The van der Waals surface area contributed by atoms with E-state index in [0.29, 0.717) is 0 Å². The second kappa shape index (κ2) is 3.99. The van der Waals surface area contributed by atoms with Crippen LogP contribution in [0.4, 0.5) is 0 Å². The first kappa shape index (κ1) is 9.09. The summed E-state index contributed by atoms with van der Waals surface area (Å²) in [5, 5.41) is 7.31. The fraction of sp³-hybridized carbons (Fsp3) is 1.00. The Kier molecular flexibility index (Phi) is 4.03. The summed E-state index contributed by atoms with van der Waals surface area (Å²) in [6, 6.07) is 0. The van der Waals surface area contributed by atoms with Gasteiger partial charge in [0.05, 0.1) is 0 Å². The molecule has 0 radical (unpaired) electrons. The quantitative estimate of drug-likeness (QED) is 0.554. The Balaban J connectivity index is 3.50. The Bertz CT molecular complexity index is 114. The average Bonchev–Trinajstić information content (AvgIpc) is 1.63. The van der Waals surface area contributed by atoms with Crippen LogP contribution in [0.2, 0.25) is 0 Å². The molecule has 0 saturated carbocycles. The molecule has 0 amide bonds. The molecule has 0 atom stereocenters. The van der Waals surface area contributed by atoms with Gasteiger partial charge in [0.25, 0.3) is 0 Å². The van der Waals surface area contributed by atoms with E-state index < -0.39 is 0 Å². The molecule has 0 aromatic carbocycles.